The Morgan fingerprint density at radius 2 is 1.89 bits per heavy atom. The van der Waals surface area contributed by atoms with Gasteiger partial charge in [-0.1, -0.05) is 13.8 Å². The number of carbonyl (C=O) groups excluding carboxylic acids is 1. The number of fused-ring (bicyclic) bond motifs is 1. The summed E-state index contributed by atoms with van der Waals surface area (Å²) in [5.41, 5.74) is 2.76. The molecule has 0 saturated carbocycles. The van der Waals surface area contributed by atoms with Crippen LogP contribution in [0.5, 0.6) is 0 Å². The number of hydrogen-bond donors (Lipinski definition) is 2. The zero-order valence-electron chi connectivity index (χ0n) is 21.2. The molecule has 1 aromatic carbocycles. The van der Waals surface area contributed by atoms with Crippen molar-refractivity contribution in [1.82, 2.24) is 19.9 Å². The van der Waals surface area contributed by atoms with Gasteiger partial charge in [0.2, 0.25) is 0 Å². The van der Waals surface area contributed by atoms with Crippen molar-refractivity contribution in [2.45, 2.75) is 46.6 Å². The number of nitrogens with one attached hydrogen (secondary N) is 2. The fourth-order valence-electron chi connectivity index (χ4n) is 3.84. The van der Waals surface area contributed by atoms with Gasteiger partial charge in [0.15, 0.2) is 5.65 Å². The van der Waals surface area contributed by atoms with Crippen molar-refractivity contribution in [1.29, 1.82) is 0 Å². The third-order valence-corrected chi connectivity index (χ3v) is 5.80. The predicted molar refractivity (Wildman–Crippen MR) is 140 cm³/mol. The summed E-state index contributed by atoms with van der Waals surface area (Å²) in [6.45, 7) is 11.5. The SMILES string of the molecule is CCOC(=O)Nc1cc(NC(C)CCCN(CC)CC)c2ncc(-c3ccc([N+](=O)[O-])cc3)nc2n1. The summed E-state index contributed by atoms with van der Waals surface area (Å²) in [6, 6.07) is 7.94. The molecule has 36 heavy (non-hydrogen) atoms. The molecule has 3 aromatic rings. The van der Waals surface area contributed by atoms with Gasteiger partial charge in [-0.2, -0.15) is 0 Å². The molecular weight excluding hydrogens is 462 g/mol. The first kappa shape index (κ1) is 26.7. The van der Waals surface area contributed by atoms with Crippen LogP contribution in [0.2, 0.25) is 0 Å². The molecular formula is C25H33N7O4. The van der Waals surface area contributed by atoms with E-state index >= 15 is 0 Å². The molecule has 0 spiro atoms. The molecule has 1 atom stereocenters. The molecule has 3 rings (SSSR count). The lowest BCUT2D eigenvalue weighted by atomic mass is 10.1. The van der Waals surface area contributed by atoms with Gasteiger partial charge < -0.3 is 15.0 Å². The Morgan fingerprint density at radius 3 is 2.53 bits per heavy atom. The number of nitro benzene ring substituents is 1. The number of hydrogen-bond acceptors (Lipinski definition) is 9. The van der Waals surface area contributed by atoms with Crippen LogP contribution < -0.4 is 10.6 Å². The van der Waals surface area contributed by atoms with Crippen molar-refractivity contribution in [3.63, 3.8) is 0 Å². The maximum Gasteiger partial charge on any atom is 0.412 e. The maximum absolute atomic E-state index is 12.0. The molecule has 0 aliphatic carbocycles. The summed E-state index contributed by atoms with van der Waals surface area (Å²) in [5.74, 6) is 0.286. The molecule has 0 aliphatic heterocycles. The standard InChI is InChI=1S/C25H33N7O4/c1-5-31(6-2)14-8-9-17(4)27-20-15-22(30-25(33)36-7-3)29-24-23(20)26-16-21(28-24)18-10-12-19(13-11-18)32(34)35/h10-13,15-17H,5-9,14H2,1-4H3,(H2,27,28,29,30,33). The molecule has 11 heteroatoms. The van der Waals surface area contributed by atoms with Crippen LogP contribution in [0.3, 0.4) is 0 Å². The molecule has 1 unspecified atom stereocenters. The minimum absolute atomic E-state index is 0.00647. The van der Waals surface area contributed by atoms with Gasteiger partial charge in [0.25, 0.3) is 5.69 Å². The molecule has 11 nitrogen and oxygen atoms in total. The zero-order valence-corrected chi connectivity index (χ0v) is 21.2. The van der Waals surface area contributed by atoms with Crippen molar-refractivity contribution in [2.75, 3.05) is 36.9 Å². The van der Waals surface area contributed by atoms with Crippen molar-refractivity contribution in [3.8, 4) is 11.3 Å². The Labute approximate surface area is 210 Å². The summed E-state index contributed by atoms with van der Waals surface area (Å²) in [7, 11) is 0. The van der Waals surface area contributed by atoms with Crippen LogP contribution in [-0.4, -0.2) is 63.2 Å². The molecule has 0 bridgehead atoms. The van der Waals surface area contributed by atoms with Gasteiger partial charge in [0.05, 0.1) is 29.1 Å². The Kier molecular flexibility index (Phi) is 9.46. The third kappa shape index (κ3) is 7.08. The highest BCUT2D eigenvalue weighted by molar-refractivity contribution is 5.92. The highest BCUT2D eigenvalue weighted by Crippen LogP contribution is 2.27. The highest BCUT2D eigenvalue weighted by Gasteiger charge is 2.15. The average Bonchev–Trinajstić information content (AvgIpc) is 2.86. The number of non-ortho nitro benzene ring substituents is 1. The number of anilines is 2. The molecule has 0 aliphatic rings. The summed E-state index contributed by atoms with van der Waals surface area (Å²) in [6.07, 6.45) is 3.00. The molecule has 0 radical (unpaired) electrons. The van der Waals surface area contributed by atoms with Crippen molar-refractivity contribution in [3.05, 3.63) is 46.6 Å². The second-order valence-corrected chi connectivity index (χ2v) is 8.35. The largest absolute Gasteiger partial charge is 0.450 e. The smallest absolute Gasteiger partial charge is 0.412 e. The number of benzene rings is 1. The first-order chi connectivity index (χ1) is 17.3. The number of amides is 1. The quantitative estimate of drug-likeness (QED) is 0.260. The lowest BCUT2D eigenvalue weighted by Gasteiger charge is -2.21. The van der Waals surface area contributed by atoms with E-state index < -0.39 is 11.0 Å². The zero-order chi connectivity index (χ0) is 26.1. The lowest BCUT2D eigenvalue weighted by molar-refractivity contribution is -0.384. The van der Waals surface area contributed by atoms with E-state index in [-0.39, 0.29) is 24.2 Å². The fourth-order valence-corrected chi connectivity index (χ4v) is 3.84. The van der Waals surface area contributed by atoms with E-state index in [1.165, 1.54) is 12.1 Å². The Balaban J connectivity index is 1.89. The van der Waals surface area contributed by atoms with Crippen LogP contribution in [0.1, 0.15) is 40.5 Å². The maximum atomic E-state index is 12.0. The molecule has 2 heterocycles. The summed E-state index contributed by atoms with van der Waals surface area (Å²) < 4.78 is 4.99. The van der Waals surface area contributed by atoms with Gasteiger partial charge in [0.1, 0.15) is 11.3 Å². The van der Waals surface area contributed by atoms with Gasteiger partial charge in [-0.3, -0.25) is 15.4 Å². The third-order valence-electron chi connectivity index (χ3n) is 5.80. The fraction of sp³-hybridized carbons (Fsp3) is 0.440. The van der Waals surface area contributed by atoms with Crippen LogP contribution in [0, 0.1) is 10.1 Å². The van der Waals surface area contributed by atoms with Gasteiger partial charge in [-0.15, -0.1) is 0 Å². The Bertz CT molecular complexity index is 1180. The monoisotopic (exact) mass is 495 g/mol. The molecule has 0 fully saturated rings. The number of nitrogens with zero attached hydrogens (tertiary/aromatic N) is 5. The Hall–Kier alpha value is -3.86. The van der Waals surface area contributed by atoms with Crippen molar-refractivity contribution >= 4 is 34.4 Å². The second kappa shape index (κ2) is 12.7. The van der Waals surface area contributed by atoms with E-state index in [9.17, 15) is 14.9 Å². The van der Waals surface area contributed by atoms with Gasteiger partial charge in [0, 0.05) is 29.8 Å². The van der Waals surface area contributed by atoms with E-state index in [1.807, 2.05) is 0 Å². The second-order valence-electron chi connectivity index (χ2n) is 8.35. The molecule has 2 aromatic heterocycles. The van der Waals surface area contributed by atoms with E-state index in [4.69, 9.17) is 4.74 Å². The first-order valence-corrected chi connectivity index (χ1v) is 12.2. The van der Waals surface area contributed by atoms with Crippen LogP contribution in [0.15, 0.2) is 36.5 Å². The van der Waals surface area contributed by atoms with E-state index in [1.54, 1.807) is 31.3 Å². The number of rotatable bonds is 12. The Morgan fingerprint density at radius 1 is 1.17 bits per heavy atom. The number of nitro groups is 1. The van der Waals surface area contributed by atoms with Crippen LogP contribution in [-0.2, 0) is 4.74 Å². The summed E-state index contributed by atoms with van der Waals surface area (Å²) >= 11 is 0. The lowest BCUT2D eigenvalue weighted by Crippen LogP contribution is -2.25. The summed E-state index contributed by atoms with van der Waals surface area (Å²) in [4.78, 5) is 38.6. The van der Waals surface area contributed by atoms with Crippen LogP contribution in [0.4, 0.5) is 22.0 Å². The van der Waals surface area contributed by atoms with Gasteiger partial charge in [-0.25, -0.2) is 19.7 Å². The number of carbonyl (C=O) groups is 1. The first-order valence-electron chi connectivity index (χ1n) is 12.2. The van der Waals surface area contributed by atoms with E-state index in [0.717, 1.165) is 32.5 Å². The average molecular weight is 496 g/mol. The van der Waals surface area contributed by atoms with E-state index in [0.29, 0.717) is 28.1 Å². The molecule has 1 amide bonds. The van der Waals surface area contributed by atoms with Gasteiger partial charge >= 0.3 is 6.09 Å². The van der Waals surface area contributed by atoms with Crippen molar-refractivity contribution < 1.29 is 14.5 Å². The van der Waals surface area contributed by atoms with Crippen LogP contribution in [0.25, 0.3) is 22.4 Å². The van der Waals surface area contributed by atoms with Gasteiger partial charge in [-0.05, 0) is 58.5 Å². The van der Waals surface area contributed by atoms with E-state index in [2.05, 4.69) is 51.3 Å². The predicted octanol–water partition coefficient (Wildman–Crippen LogP) is 5.09. The summed E-state index contributed by atoms with van der Waals surface area (Å²) in [5, 5.41) is 17.1. The molecule has 192 valence electrons. The van der Waals surface area contributed by atoms with Crippen LogP contribution >= 0.6 is 0 Å². The molecule has 0 saturated heterocycles. The minimum Gasteiger partial charge on any atom is -0.450 e. The topological polar surface area (TPSA) is 135 Å². The number of pyridine rings is 1. The number of aromatic nitrogens is 3. The minimum atomic E-state index is -0.609. The molecule has 2 N–H and O–H groups in total. The normalized spacial score (nSPS) is 11.9. The van der Waals surface area contributed by atoms with Crippen molar-refractivity contribution in [2.24, 2.45) is 0 Å². The highest BCUT2D eigenvalue weighted by atomic mass is 16.6. The number of ether oxygens (including phenoxy) is 1.